The number of anilines is 2. The zero-order valence-corrected chi connectivity index (χ0v) is 11.7. The molecule has 3 nitrogen and oxygen atoms in total. The molecule has 1 aromatic heterocycles. The molecule has 3 heteroatoms. The Morgan fingerprint density at radius 3 is 2.95 bits per heavy atom. The van der Waals surface area contributed by atoms with Gasteiger partial charge in [0.15, 0.2) is 0 Å². The van der Waals surface area contributed by atoms with Crippen molar-refractivity contribution in [2.75, 3.05) is 11.1 Å². The van der Waals surface area contributed by atoms with Gasteiger partial charge in [0.2, 0.25) is 0 Å². The number of pyridine rings is 1. The van der Waals surface area contributed by atoms with E-state index in [9.17, 15) is 0 Å². The predicted octanol–water partition coefficient (Wildman–Crippen LogP) is 3.92. The van der Waals surface area contributed by atoms with E-state index in [-0.39, 0.29) is 0 Å². The highest BCUT2D eigenvalue weighted by atomic mass is 14.9. The van der Waals surface area contributed by atoms with Crippen LogP contribution in [0, 0.1) is 0 Å². The Balaban J connectivity index is 1.64. The summed E-state index contributed by atoms with van der Waals surface area (Å²) in [5.41, 5.74) is 11.5. The molecule has 0 aliphatic heterocycles. The van der Waals surface area contributed by atoms with Crippen molar-refractivity contribution in [1.29, 1.82) is 0 Å². The molecule has 3 aromatic rings. The Morgan fingerprint density at radius 2 is 2.00 bits per heavy atom. The molecule has 3 N–H and O–H groups in total. The lowest BCUT2D eigenvalue weighted by Gasteiger charge is -2.16. The lowest BCUT2D eigenvalue weighted by atomic mass is 10.1. The van der Waals surface area contributed by atoms with Crippen LogP contribution in [0.25, 0.3) is 10.9 Å². The summed E-state index contributed by atoms with van der Waals surface area (Å²) < 4.78 is 0. The molecule has 1 unspecified atom stereocenters. The van der Waals surface area contributed by atoms with E-state index in [4.69, 9.17) is 5.73 Å². The minimum atomic E-state index is 0.351. The number of nitrogen functional groups attached to an aromatic ring is 1. The van der Waals surface area contributed by atoms with Gasteiger partial charge in [-0.05, 0) is 48.2 Å². The number of hydrogen-bond acceptors (Lipinski definition) is 3. The van der Waals surface area contributed by atoms with E-state index in [1.165, 1.54) is 11.1 Å². The van der Waals surface area contributed by atoms with Gasteiger partial charge in [0.25, 0.3) is 0 Å². The molecule has 0 saturated heterocycles. The van der Waals surface area contributed by atoms with Crippen molar-refractivity contribution >= 4 is 22.3 Å². The molecular weight excluding hydrogens is 258 g/mol. The van der Waals surface area contributed by atoms with Gasteiger partial charge in [0, 0.05) is 11.1 Å². The van der Waals surface area contributed by atoms with E-state index >= 15 is 0 Å². The highest BCUT2D eigenvalue weighted by Gasteiger charge is 2.22. The molecule has 4 rings (SSSR count). The fourth-order valence-corrected chi connectivity index (χ4v) is 3.14. The number of nitrogens with one attached hydrogen (secondary N) is 1. The summed E-state index contributed by atoms with van der Waals surface area (Å²) in [7, 11) is 0. The fraction of sp³-hybridized carbons (Fsp3) is 0.167. The number of nitrogens with two attached hydrogens (primary N) is 1. The maximum atomic E-state index is 5.86. The second-order valence-corrected chi connectivity index (χ2v) is 5.61. The average Bonchev–Trinajstić information content (AvgIpc) is 2.89. The van der Waals surface area contributed by atoms with Gasteiger partial charge >= 0.3 is 0 Å². The Morgan fingerprint density at radius 1 is 1.10 bits per heavy atom. The second kappa shape index (κ2) is 4.77. The highest BCUT2D eigenvalue weighted by Crippen LogP contribution is 2.35. The maximum absolute atomic E-state index is 5.86. The number of fused-ring (bicyclic) bond motifs is 2. The molecule has 1 heterocycles. The molecule has 2 aromatic carbocycles. The van der Waals surface area contributed by atoms with E-state index in [0.29, 0.717) is 6.04 Å². The van der Waals surface area contributed by atoms with Gasteiger partial charge in [0.1, 0.15) is 0 Å². The van der Waals surface area contributed by atoms with Crippen molar-refractivity contribution in [2.24, 2.45) is 0 Å². The number of para-hydroxylation sites is 1. The molecular formula is C18H17N3. The second-order valence-electron chi connectivity index (χ2n) is 5.61. The normalized spacial score (nSPS) is 16.9. The lowest BCUT2D eigenvalue weighted by molar-refractivity contribution is 0.762. The molecule has 0 bridgehead atoms. The topological polar surface area (TPSA) is 50.9 Å². The third-order valence-electron chi connectivity index (χ3n) is 4.18. The van der Waals surface area contributed by atoms with Gasteiger partial charge in [0.05, 0.1) is 23.4 Å². The molecule has 0 fully saturated rings. The molecule has 1 aliphatic carbocycles. The number of rotatable bonds is 2. The van der Waals surface area contributed by atoms with Gasteiger partial charge in [-0.2, -0.15) is 0 Å². The number of aromatic nitrogens is 1. The SMILES string of the molecule is Nc1ccc2c(c1)CCC2Nc1cnc2ccccc2c1. The van der Waals surface area contributed by atoms with Crippen molar-refractivity contribution in [2.45, 2.75) is 18.9 Å². The van der Waals surface area contributed by atoms with Crippen molar-refractivity contribution in [1.82, 2.24) is 4.98 Å². The van der Waals surface area contributed by atoms with Crippen molar-refractivity contribution < 1.29 is 0 Å². The molecule has 0 saturated carbocycles. The predicted molar refractivity (Wildman–Crippen MR) is 87.3 cm³/mol. The molecule has 0 radical (unpaired) electrons. The molecule has 104 valence electrons. The van der Waals surface area contributed by atoms with Crippen molar-refractivity contribution in [3.63, 3.8) is 0 Å². The quantitative estimate of drug-likeness (QED) is 0.697. The average molecular weight is 275 g/mol. The van der Waals surface area contributed by atoms with E-state index in [1.54, 1.807) is 0 Å². The standard InChI is InChI=1S/C18H17N3/c19-14-6-7-16-12(9-14)5-8-18(16)21-15-10-13-3-1-2-4-17(13)20-11-15/h1-4,6-7,9-11,18,21H,5,8,19H2. The van der Waals surface area contributed by atoms with Crippen LogP contribution in [-0.4, -0.2) is 4.98 Å². The summed E-state index contributed by atoms with van der Waals surface area (Å²) in [6.07, 6.45) is 4.10. The van der Waals surface area contributed by atoms with E-state index in [0.717, 1.165) is 35.1 Å². The Bertz CT molecular complexity index is 810. The van der Waals surface area contributed by atoms with Gasteiger partial charge in [-0.15, -0.1) is 0 Å². The molecule has 1 atom stereocenters. The minimum Gasteiger partial charge on any atom is -0.399 e. The zero-order chi connectivity index (χ0) is 14.2. The summed E-state index contributed by atoms with van der Waals surface area (Å²) in [6, 6.07) is 16.9. The smallest absolute Gasteiger partial charge is 0.0703 e. The third kappa shape index (κ3) is 2.21. The third-order valence-corrected chi connectivity index (χ3v) is 4.18. The number of aryl methyl sites for hydroxylation is 1. The fourth-order valence-electron chi connectivity index (χ4n) is 3.14. The first kappa shape index (κ1) is 12.2. The highest BCUT2D eigenvalue weighted by molar-refractivity contribution is 5.81. The van der Waals surface area contributed by atoms with Gasteiger partial charge in [-0.3, -0.25) is 4.98 Å². The van der Waals surface area contributed by atoms with Crippen LogP contribution < -0.4 is 11.1 Å². The molecule has 21 heavy (non-hydrogen) atoms. The number of nitrogens with zero attached hydrogens (tertiary/aromatic N) is 1. The van der Waals surface area contributed by atoms with Crippen LogP contribution in [0.1, 0.15) is 23.6 Å². The Hall–Kier alpha value is -2.55. The monoisotopic (exact) mass is 275 g/mol. The van der Waals surface area contributed by atoms with Gasteiger partial charge in [-0.25, -0.2) is 0 Å². The minimum absolute atomic E-state index is 0.351. The van der Waals surface area contributed by atoms with Crippen LogP contribution >= 0.6 is 0 Å². The van der Waals surface area contributed by atoms with E-state index < -0.39 is 0 Å². The van der Waals surface area contributed by atoms with Crippen LogP contribution in [0.15, 0.2) is 54.7 Å². The molecule has 1 aliphatic rings. The first-order valence-electron chi connectivity index (χ1n) is 7.29. The number of hydrogen-bond donors (Lipinski definition) is 2. The maximum Gasteiger partial charge on any atom is 0.0703 e. The summed E-state index contributed by atoms with van der Waals surface area (Å²) >= 11 is 0. The number of benzene rings is 2. The van der Waals surface area contributed by atoms with Gasteiger partial charge in [-0.1, -0.05) is 24.3 Å². The Kier molecular flexibility index (Phi) is 2.78. The molecule has 0 spiro atoms. The van der Waals surface area contributed by atoms with Crippen LogP contribution in [-0.2, 0) is 6.42 Å². The van der Waals surface area contributed by atoms with Crippen molar-refractivity contribution in [3.05, 3.63) is 65.9 Å². The zero-order valence-electron chi connectivity index (χ0n) is 11.7. The van der Waals surface area contributed by atoms with Crippen LogP contribution in [0.3, 0.4) is 0 Å². The molecule has 0 amide bonds. The first-order valence-corrected chi connectivity index (χ1v) is 7.29. The van der Waals surface area contributed by atoms with Gasteiger partial charge < -0.3 is 11.1 Å². The Labute approximate surface area is 123 Å². The van der Waals surface area contributed by atoms with Crippen LogP contribution in [0.4, 0.5) is 11.4 Å². The van der Waals surface area contributed by atoms with E-state index in [2.05, 4.69) is 34.6 Å². The lowest BCUT2D eigenvalue weighted by Crippen LogP contribution is -2.07. The van der Waals surface area contributed by atoms with E-state index in [1.807, 2.05) is 30.5 Å². The summed E-state index contributed by atoms with van der Waals surface area (Å²) in [5, 5.41) is 4.77. The van der Waals surface area contributed by atoms with Crippen LogP contribution in [0.2, 0.25) is 0 Å². The largest absolute Gasteiger partial charge is 0.399 e. The van der Waals surface area contributed by atoms with Crippen molar-refractivity contribution in [3.8, 4) is 0 Å². The van der Waals surface area contributed by atoms with Crippen LogP contribution in [0.5, 0.6) is 0 Å². The summed E-state index contributed by atoms with van der Waals surface area (Å²) in [4.78, 5) is 4.51. The summed E-state index contributed by atoms with van der Waals surface area (Å²) in [5.74, 6) is 0. The first-order chi connectivity index (χ1) is 10.3. The summed E-state index contributed by atoms with van der Waals surface area (Å²) in [6.45, 7) is 0.